The molecule has 7 heteroatoms. The van der Waals surface area contributed by atoms with Gasteiger partial charge in [0.15, 0.2) is 11.5 Å². The van der Waals surface area contributed by atoms with Crippen molar-refractivity contribution in [1.29, 1.82) is 0 Å². The minimum atomic E-state index is -0.269. The highest BCUT2D eigenvalue weighted by atomic mass is 16.7. The van der Waals surface area contributed by atoms with Crippen LogP contribution < -0.4 is 19.5 Å². The average molecular weight is 387 g/mol. The summed E-state index contributed by atoms with van der Waals surface area (Å²) in [7, 11) is 0. The molecule has 0 saturated carbocycles. The molecular formula is C22H17N3O4. The van der Waals surface area contributed by atoms with Crippen LogP contribution in [0.15, 0.2) is 73.1 Å². The number of aromatic nitrogens is 2. The van der Waals surface area contributed by atoms with E-state index in [0.717, 1.165) is 11.3 Å². The summed E-state index contributed by atoms with van der Waals surface area (Å²) >= 11 is 0. The molecule has 1 aliphatic heterocycles. The van der Waals surface area contributed by atoms with Crippen molar-refractivity contribution in [2.75, 3.05) is 12.1 Å². The predicted octanol–water partition coefficient (Wildman–Crippen LogP) is 3.89. The van der Waals surface area contributed by atoms with Crippen molar-refractivity contribution in [3.63, 3.8) is 0 Å². The Morgan fingerprint density at radius 2 is 1.93 bits per heavy atom. The molecule has 0 radical (unpaired) electrons. The van der Waals surface area contributed by atoms with Crippen LogP contribution >= 0.6 is 0 Å². The standard InChI is InChI=1S/C22H17N3O4/c26-22(24-15-8-9-19-20(11-15)29-14-28-19)17-5-1-2-6-18(17)27-13-16-12-25-10-4-3-7-21(25)23-16/h1-12H,13-14H2,(H,24,26). The maximum Gasteiger partial charge on any atom is 0.259 e. The molecule has 2 aromatic heterocycles. The van der Waals surface area contributed by atoms with E-state index in [0.29, 0.717) is 28.5 Å². The molecule has 0 atom stereocenters. The first-order valence-corrected chi connectivity index (χ1v) is 9.12. The monoisotopic (exact) mass is 387 g/mol. The van der Waals surface area contributed by atoms with E-state index < -0.39 is 0 Å². The highest BCUT2D eigenvalue weighted by molar-refractivity contribution is 6.06. The van der Waals surface area contributed by atoms with Gasteiger partial charge in [0.2, 0.25) is 6.79 Å². The van der Waals surface area contributed by atoms with Crippen LogP contribution in [0, 0.1) is 0 Å². The van der Waals surface area contributed by atoms with Crippen molar-refractivity contribution in [2.45, 2.75) is 6.61 Å². The fraction of sp³-hybridized carbons (Fsp3) is 0.0909. The topological polar surface area (TPSA) is 74.1 Å². The van der Waals surface area contributed by atoms with Gasteiger partial charge in [-0.3, -0.25) is 4.79 Å². The van der Waals surface area contributed by atoms with Gasteiger partial charge in [-0.2, -0.15) is 0 Å². The van der Waals surface area contributed by atoms with Gasteiger partial charge in [-0.05, 0) is 36.4 Å². The zero-order valence-corrected chi connectivity index (χ0v) is 15.4. The number of hydrogen-bond acceptors (Lipinski definition) is 5. The van der Waals surface area contributed by atoms with E-state index in [1.807, 2.05) is 41.1 Å². The lowest BCUT2D eigenvalue weighted by Gasteiger charge is -2.11. The molecule has 0 fully saturated rings. The van der Waals surface area contributed by atoms with Gasteiger partial charge in [-0.25, -0.2) is 4.98 Å². The molecule has 1 aliphatic rings. The zero-order chi connectivity index (χ0) is 19.6. The number of amides is 1. The molecule has 1 amide bonds. The van der Waals surface area contributed by atoms with E-state index in [9.17, 15) is 4.79 Å². The second-order valence-electron chi connectivity index (χ2n) is 6.51. The summed E-state index contributed by atoms with van der Waals surface area (Å²) in [4.78, 5) is 17.3. The lowest BCUT2D eigenvalue weighted by molar-refractivity contribution is 0.102. The molecule has 29 heavy (non-hydrogen) atoms. The van der Waals surface area contributed by atoms with Crippen molar-refractivity contribution in [1.82, 2.24) is 9.38 Å². The van der Waals surface area contributed by atoms with Gasteiger partial charge in [0.25, 0.3) is 5.91 Å². The van der Waals surface area contributed by atoms with Crippen LogP contribution in [0.5, 0.6) is 17.2 Å². The van der Waals surface area contributed by atoms with Gasteiger partial charge in [0.1, 0.15) is 18.0 Å². The Hall–Kier alpha value is -4.00. The SMILES string of the molecule is O=C(Nc1ccc2c(c1)OCO2)c1ccccc1OCc1cn2ccccc2n1. The number of para-hydroxylation sites is 1. The number of carbonyl (C=O) groups excluding carboxylic acids is 1. The Balaban J connectivity index is 1.32. The van der Waals surface area contributed by atoms with Crippen LogP contribution in [-0.4, -0.2) is 22.1 Å². The average Bonchev–Trinajstić information content (AvgIpc) is 3.38. The van der Waals surface area contributed by atoms with Crippen LogP contribution in [0.2, 0.25) is 0 Å². The lowest BCUT2D eigenvalue weighted by Crippen LogP contribution is -2.13. The maximum atomic E-state index is 12.8. The molecule has 0 saturated heterocycles. The van der Waals surface area contributed by atoms with E-state index >= 15 is 0 Å². The summed E-state index contributed by atoms with van der Waals surface area (Å²) in [5, 5.41) is 2.87. The summed E-state index contributed by atoms with van der Waals surface area (Å²) in [6.07, 6.45) is 3.84. The second kappa shape index (κ2) is 7.20. The van der Waals surface area contributed by atoms with E-state index in [1.165, 1.54) is 0 Å². The quantitative estimate of drug-likeness (QED) is 0.562. The number of hydrogen-bond donors (Lipinski definition) is 1. The van der Waals surface area contributed by atoms with E-state index in [-0.39, 0.29) is 19.3 Å². The third kappa shape index (κ3) is 3.45. The Kier molecular flexibility index (Phi) is 4.25. The minimum Gasteiger partial charge on any atom is -0.486 e. The van der Waals surface area contributed by atoms with E-state index in [4.69, 9.17) is 14.2 Å². The van der Waals surface area contributed by atoms with Gasteiger partial charge >= 0.3 is 0 Å². The molecule has 1 N–H and O–H groups in total. The number of fused-ring (bicyclic) bond motifs is 2. The van der Waals surface area contributed by atoms with Crippen LogP contribution in [0.4, 0.5) is 5.69 Å². The maximum absolute atomic E-state index is 12.8. The zero-order valence-electron chi connectivity index (χ0n) is 15.4. The van der Waals surface area contributed by atoms with Gasteiger partial charge < -0.3 is 23.9 Å². The number of benzene rings is 2. The number of pyridine rings is 1. The van der Waals surface area contributed by atoms with Gasteiger partial charge in [0, 0.05) is 24.1 Å². The molecule has 3 heterocycles. The third-order valence-corrected chi connectivity index (χ3v) is 4.55. The number of nitrogens with zero attached hydrogens (tertiary/aromatic N) is 2. The minimum absolute atomic E-state index is 0.187. The third-order valence-electron chi connectivity index (χ3n) is 4.55. The van der Waals surface area contributed by atoms with Crippen molar-refractivity contribution < 1.29 is 19.0 Å². The molecule has 5 rings (SSSR count). The Morgan fingerprint density at radius 3 is 2.86 bits per heavy atom. The first-order chi connectivity index (χ1) is 14.3. The van der Waals surface area contributed by atoms with Crippen LogP contribution in [0.3, 0.4) is 0 Å². The first-order valence-electron chi connectivity index (χ1n) is 9.12. The molecule has 0 aliphatic carbocycles. The van der Waals surface area contributed by atoms with E-state index in [2.05, 4.69) is 10.3 Å². The largest absolute Gasteiger partial charge is 0.486 e. The number of carbonyl (C=O) groups is 1. The molecule has 2 aromatic carbocycles. The second-order valence-corrected chi connectivity index (χ2v) is 6.51. The fourth-order valence-corrected chi connectivity index (χ4v) is 3.16. The van der Waals surface area contributed by atoms with Crippen LogP contribution in [-0.2, 0) is 6.61 Å². The van der Waals surface area contributed by atoms with Crippen molar-refractivity contribution in [3.8, 4) is 17.2 Å². The number of nitrogens with one attached hydrogen (secondary N) is 1. The van der Waals surface area contributed by atoms with E-state index in [1.54, 1.807) is 36.4 Å². The summed E-state index contributed by atoms with van der Waals surface area (Å²) in [5.74, 6) is 1.50. The highest BCUT2D eigenvalue weighted by Gasteiger charge is 2.17. The Bertz CT molecular complexity index is 1170. The number of ether oxygens (including phenoxy) is 3. The summed E-state index contributed by atoms with van der Waals surface area (Å²) in [6.45, 7) is 0.447. The summed E-state index contributed by atoms with van der Waals surface area (Å²) in [5.41, 5.74) is 2.69. The molecule has 0 unspecified atom stereocenters. The Morgan fingerprint density at radius 1 is 1.07 bits per heavy atom. The lowest BCUT2D eigenvalue weighted by atomic mass is 10.1. The van der Waals surface area contributed by atoms with Crippen molar-refractivity contribution >= 4 is 17.2 Å². The van der Waals surface area contributed by atoms with Crippen LogP contribution in [0.1, 0.15) is 16.1 Å². The van der Waals surface area contributed by atoms with Gasteiger partial charge in [0.05, 0.1) is 11.3 Å². The van der Waals surface area contributed by atoms with Gasteiger partial charge in [-0.15, -0.1) is 0 Å². The summed E-state index contributed by atoms with van der Waals surface area (Å²) < 4.78 is 18.5. The number of rotatable bonds is 5. The molecule has 0 spiro atoms. The highest BCUT2D eigenvalue weighted by Crippen LogP contribution is 2.34. The van der Waals surface area contributed by atoms with Gasteiger partial charge in [-0.1, -0.05) is 18.2 Å². The predicted molar refractivity (Wildman–Crippen MR) is 106 cm³/mol. The molecule has 144 valence electrons. The molecule has 0 bridgehead atoms. The van der Waals surface area contributed by atoms with Crippen LogP contribution in [0.25, 0.3) is 5.65 Å². The fourth-order valence-electron chi connectivity index (χ4n) is 3.16. The van der Waals surface area contributed by atoms with Crippen molar-refractivity contribution in [3.05, 3.63) is 84.3 Å². The van der Waals surface area contributed by atoms with Crippen molar-refractivity contribution in [2.24, 2.45) is 0 Å². The molecule has 7 nitrogen and oxygen atoms in total. The Labute approximate surface area is 166 Å². The smallest absolute Gasteiger partial charge is 0.259 e. The normalized spacial score (nSPS) is 12.1. The summed E-state index contributed by atoms with van der Waals surface area (Å²) in [6, 6.07) is 18.2. The number of anilines is 1. The first kappa shape index (κ1) is 17.1. The molecule has 4 aromatic rings. The molecular weight excluding hydrogens is 370 g/mol. The number of imidazole rings is 1.